The van der Waals surface area contributed by atoms with Gasteiger partial charge in [0, 0.05) is 30.0 Å². The quantitative estimate of drug-likeness (QED) is 0.800. The highest BCUT2D eigenvalue weighted by Gasteiger charge is 2.40. The third kappa shape index (κ3) is 1.70. The van der Waals surface area contributed by atoms with E-state index < -0.39 is 0 Å². The van der Waals surface area contributed by atoms with Crippen LogP contribution in [0, 0.1) is 0 Å². The summed E-state index contributed by atoms with van der Waals surface area (Å²) in [6, 6.07) is 10.5. The number of benzene rings is 1. The first-order valence-corrected chi connectivity index (χ1v) is 7.50. The molecule has 0 unspecified atom stereocenters. The Labute approximate surface area is 124 Å². The fourth-order valence-corrected chi connectivity index (χ4v) is 3.67. The minimum absolute atomic E-state index is 0.0493. The number of anilines is 1. The number of fused-ring (bicyclic) bond motifs is 4. The fraction of sp³-hybridized carbons (Fsp3) is 0.375. The van der Waals surface area contributed by atoms with Crippen molar-refractivity contribution in [2.24, 2.45) is 0 Å². The SMILES string of the molecule is CN1CCC2(CC1)Nc1cc(Cl)ccc1-n1cccc12. The Morgan fingerprint density at radius 1 is 1.20 bits per heavy atom. The molecule has 0 amide bonds. The molecule has 1 N–H and O–H groups in total. The van der Waals surface area contributed by atoms with Gasteiger partial charge in [0.1, 0.15) is 0 Å². The van der Waals surface area contributed by atoms with Gasteiger partial charge in [-0.2, -0.15) is 0 Å². The van der Waals surface area contributed by atoms with E-state index in [-0.39, 0.29) is 5.54 Å². The highest BCUT2D eigenvalue weighted by molar-refractivity contribution is 6.31. The fourth-order valence-electron chi connectivity index (χ4n) is 3.50. The first-order chi connectivity index (χ1) is 9.68. The van der Waals surface area contributed by atoms with Crippen molar-refractivity contribution in [1.82, 2.24) is 9.47 Å². The summed E-state index contributed by atoms with van der Waals surface area (Å²) in [6.07, 6.45) is 4.40. The second-order valence-electron chi connectivity index (χ2n) is 5.94. The molecule has 1 aromatic carbocycles. The number of halogens is 1. The van der Waals surface area contributed by atoms with Crippen LogP contribution in [0.15, 0.2) is 36.5 Å². The van der Waals surface area contributed by atoms with E-state index in [4.69, 9.17) is 11.6 Å². The number of hydrogen-bond acceptors (Lipinski definition) is 2. The van der Waals surface area contributed by atoms with Crippen molar-refractivity contribution in [2.45, 2.75) is 18.4 Å². The number of piperidine rings is 1. The van der Waals surface area contributed by atoms with Gasteiger partial charge in [0.15, 0.2) is 0 Å². The van der Waals surface area contributed by atoms with Crippen LogP contribution in [-0.4, -0.2) is 29.6 Å². The molecule has 3 heterocycles. The molecule has 3 nitrogen and oxygen atoms in total. The molecule has 2 aliphatic rings. The van der Waals surface area contributed by atoms with Gasteiger partial charge in [-0.15, -0.1) is 0 Å². The Balaban J connectivity index is 1.86. The number of aromatic nitrogens is 1. The lowest BCUT2D eigenvalue weighted by molar-refractivity contribution is 0.199. The average Bonchev–Trinajstić information content (AvgIpc) is 2.92. The largest absolute Gasteiger partial charge is 0.372 e. The maximum Gasteiger partial charge on any atom is 0.0804 e. The van der Waals surface area contributed by atoms with Gasteiger partial charge in [0.2, 0.25) is 0 Å². The Hall–Kier alpha value is -1.45. The first kappa shape index (κ1) is 12.3. The van der Waals surface area contributed by atoms with Crippen molar-refractivity contribution in [2.75, 3.05) is 25.5 Å². The lowest BCUT2D eigenvalue weighted by Crippen LogP contribution is -2.48. The van der Waals surface area contributed by atoms with Crippen LogP contribution in [0.3, 0.4) is 0 Å². The molecule has 0 radical (unpaired) electrons. The van der Waals surface area contributed by atoms with Crippen LogP contribution in [0.25, 0.3) is 5.69 Å². The van der Waals surface area contributed by atoms with Crippen LogP contribution in [0.4, 0.5) is 5.69 Å². The molecule has 4 heteroatoms. The molecule has 20 heavy (non-hydrogen) atoms. The van der Waals surface area contributed by atoms with Crippen LogP contribution in [-0.2, 0) is 5.54 Å². The van der Waals surface area contributed by atoms with Crippen molar-refractivity contribution >= 4 is 17.3 Å². The molecular formula is C16H18ClN3. The zero-order valence-corrected chi connectivity index (χ0v) is 12.3. The summed E-state index contributed by atoms with van der Waals surface area (Å²) in [6.45, 7) is 2.24. The molecular weight excluding hydrogens is 270 g/mol. The molecule has 1 fully saturated rings. The molecule has 4 rings (SSSR count). The number of nitrogens with zero attached hydrogens (tertiary/aromatic N) is 2. The summed E-state index contributed by atoms with van der Waals surface area (Å²) in [5, 5.41) is 4.57. The Morgan fingerprint density at radius 2 is 2.00 bits per heavy atom. The molecule has 1 aromatic heterocycles. The molecule has 0 bridgehead atoms. The lowest BCUT2D eigenvalue weighted by atomic mass is 9.82. The zero-order chi connectivity index (χ0) is 13.7. The molecule has 1 spiro atoms. The van der Waals surface area contributed by atoms with Crippen molar-refractivity contribution in [3.8, 4) is 5.69 Å². The lowest BCUT2D eigenvalue weighted by Gasteiger charge is -2.45. The van der Waals surface area contributed by atoms with E-state index in [2.05, 4.69) is 46.2 Å². The van der Waals surface area contributed by atoms with Gasteiger partial charge >= 0.3 is 0 Å². The summed E-state index contributed by atoms with van der Waals surface area (Å²) in [5.41, 5.74) is 3.76. The van der Waals surface area contributed by atoms with E-state index in [1.807, 2.05) is 12.1 Å². The van der Waals surface area contributed by atoms with Crippen molar-refractivity contribution in [3.05, 3.63) is 47.2 Å². The van der Waals surface area contributed by atoms with Crippen molar-refractivity contribution in [1.29, 1.82) is 0 Å². The topological polar surface area (TPSA) is 20.2 Å². The molecule has 2 aliphatic heterocycles. The molecule has 104 valence electrons. The highest BCUT2D eigenvalue weighted by atomic mass is 35.5. The minimum atomic E-state index is 0.0493. The van der Waals surface area contributed by atoms with Gasteiger partial charge < -0.3 is 14.8 Å². The Kier molecular flexibility index (Phi) is 2.63. The van der Waals surface area contributed by atoms with E-state index >= 15 is 0 Å². The second kappa shape index (κ2) is 4.27. The number of likely N-dealkylation sites (tertiary alicyclic amines) is 1. The summed E-state index contributed by atoms with van der Waals surface area (Å²) in [4.78, 5) is 2.40. The van der Waals surface area contributed by atoms with Gasteiger partial charge in [-0.1, -0.05) is 11.6 Å². The maximum absolute atomic E-state index is 6.17. The molecule has 2 aromatic rings. The first-order valence-electron chi connectivity index (χ1n) is 7.12. The predicted octanol–water partition coefficient (Wildman–Crippen LogP) is 3.48. The number of rotatable bonds is 0. The van der Waals surface area contributed by atoms with Crippen LogP contribution >= 0.6 is 11.6 Å². The molecule has 1 saturated heterocycles. The van der Waals surface area contributed by atoms with Gasteiger partial charge in [0.25, 0.3) is 0 Å². The van der Waals surface area contributed by atoms with E-state index in [0.717, 1.165) is 36.6 Å². The van der Waals surface area contributed by atoms with Crippen LogP contribution in [0.5, 0.6) is 0 Å². The Morgan fingerprint density at radius 3 is 2.80 bits per heavy atom. The van der Waals surface area contributed by atoms with Gasteiger partial charge in [0.05, 0.1) is 16.9 Å². The van der Waals surface area contributed by atoms with E-state index in [9.17, 15) is 0 Å². The monoisotopic (exact) mass is 287 g/mol. The smallest absolute Gasteiger partial charge is 0.0804 e. The van der Waals surface area contributed by atoms with Crippen LogP contribution in [0.2, 0.25) is 5.02 Å². The summed E-state index contributed by atoms with van der Waals surface area (Å²) in [5.74, 6) is 0. The summed E-state index contributed by atoms with van der Waals surface area (Å²) >= 11 is 6.17. The Bertz CT molecular complexity index is 653. The summed E-state index contributed by atoms with van der Waals surface area (Å²) < 4.78 is 2.31. The summed E-state index contributed by atoms with van der Waals surface area (Å²) in [7, 11) is 2.19. The van der Waals surface area contributed by atoms with E-state index in [0.29, 0.717) is 0 Å². The second-order valence-corrected chi connectivity index (χ2v) is 6.37. The predicted molar refractivity (Wildman–Crippen MR) is 82.8 cm³/mol. The van der Waals surface area contributed by atoms with Crippen molar-refractivity contribution in [3.63, 3.8) is 0 Å². The maximum atomic E-state index is 6.17. The number of nitrogens with one attached hydrogen (secondary N) is 1. The average molecular weight is 288 g/mol. The zero-order valence-electron chi connectivity index (χ0n) is 11.6. The standard InChI is InChI=1S/C16H18ClN3/c1-19-9-6-16(7-10-19)15-3-2-8-20(15)14-5-4-12(17)11-13(14)18-16/h2-5,8,11,18H,6-7,9-10H2,1H3. The third-order valence-corrected chi connectivity index (χ3v) is 4.91. The van der Waals surface area contributed by atoms with E-state index in [1.165, 1.54) is 11.4 Å². The van der Waals surface area contributed by atoms with Gasteiger partial charge in [-0.3, -0.25) is 0 Å². The van der Waals surface area contributed by atoms with Gasteiger partial charge in [-0.05, 0) is 50.2 Å². The molecule has 0 saturated carbocycles. The highest BCUT2D eigenvalue weighted by Crippen LogP contribution is 2.43. The van der Waals surface area contributed by atoms with E-state index in [1.54, 1.807) is 0 Å². The normalized spacial score (nSPS) is 20.3. The van der Waals surface area contributed by atoms with Crippen LogP contribution in [0.1, 0.15) is 18.5 Å². The third-order valence-electron chi connectivity index (χ3n) is 4.67. The van der Waals surface area contributed by atoms with Crippen molar-refractivity contribution < 1.29 is 0 Å². The van der Waals surface area contributed by atoms with Gasteiger partial charge in [-0.25, -0.2) is 0 Å². The van der Waals surface area contributed by atoms with Crippen LogP contribution < -0.4 is 5.32 Å². The molecule has 0 atom stereocenters. The minimum Gasteiger partial charge on any atom is -0.372 e. The molecule has 0 aliphatic carbocycles. The number of hydrogen-bond donors (Lipinski definition) is 1.